The molecule has 1 fully saturated rings. The van der Waals surface area contributed by atoms with Crippen LogP contribution in [0.2, 0.25) is 0 Å². The molecular weight excluding hydrogens is 316 g/mol. The topological polar surface area (TPSA) is 59.4 Å². The summed E-state index contributed by atoms with van der Waals surface area (Å²) in [6.07, 6.45) is 3.81. The number of rotatable bonds is 4. The molecule has 132 valence electrons. The van der Waals surface area contributed by atoms with Crippen molar-refractivity contribution in [1.29, 1.82) is 0 Å². The third-order valence-corrected chi connectivity index (χ3v) is 4.97. The summed E-state index contributed by atoms with van der Waals surface area (Å²) < 4.78 is 7.39. The number of likely N-dealkylation sites (tertiary alicyclic amines) is 1. The van der Waals surface area contributed by atoms with Crippen LogP contribution in [0.25, 0.3) is 0 Å². The number of ether oxygens (including phenoxy) is 1. The Labute approximate surface area is 147 Å². The number of benzene rings is 1. The molecule has 0 unspecified atom stereocenters. The Hall–Kier alpha value is -2.18. The van der Waals surface area contributed by atoms with Gasteiger partial charge in [-0.1, -0.05) is 30.3 Å². The molecule has 2 aliphatic rings. The molecule has 1 amide bonds. The van der Waals surface area contributed by atoms with Gasteiger partial charge in [0.05, 0.1) is 6.61 Å². The Morgan fingerprint density at radius 1 is 1.20 bits per heavy atom. The normalized spacial score (nSPS) is 18.7. The fourth-order valence-corrected chi connectivity index (χ4v) is 3.54. The quantitative estimate of drug-likeness (QED) is 0.922. The highest BCUT2D eigenvalue weighted by Crippen LogP contribution is 2.15. The molecule has 6 nitrogen and oxygen atoms in total. The van der Waals surface area contributed by atoms with Crippen molar-refractivity contribution in [2.24, 2.45) is 0 Å². The first-order chi connectivity index (χ1) is 12.3. The highest BCUT2D eigenvalue weighted by molar-refractivity contribution is 5.92. The second kappa shape index (κ2) is 7.37. The number of fused-ring (bicyclic) bond motifs is 1. The Morgan fingerprint density at radius 3 is 2.76 bits per heavy atom. The van der Waals surface area contributed by atoms with Gasteiger partial charge >= 0.3 is 0 Å². The number of nitrogens with one attached hydrogen (secondary N) is 1. The molecule has 0 spiro atoms. The number of aromatic nitrogens is 2. The van der Waals surface area contributed by atoms with Gasteiger partial charge in [-0.25, -0.2) is 4.98 Å². The minimum absolute atomic E-state index is 0.0663. The minimum Gasteiger partial charge on any atom is -0.372 e. The van der Waals surface area contributed by atoms with Crippen LogP contribution >= 0.6 is 0 Å². The molecule has 25 heavy (non-hydrogen) atoms. The van der Waals surface area contributed by atoms with Crippen LogP contribution in [0.4, 0.5) is 0 Å². The second-order valence-electron chi connectivity index (χ2n) is 6.80. The maximum Gasteiger partial charge on any atom is 0.271 e. The van der Waals surface area contributed by atoms with Gasteiger partial charge in [-0.05, 0) is 18.4 Å². The van der Waals surface area contributed by atoms with Crippen LogP contribution in [-0.4, -0.2) is 46.1 Å². The number of hydrogen-bond donors (Lipinski definition) is 1. The van der Waals surface area contributed by atoms with Crippen molar-refractivity contribution in [3.05, 3.63) is 53.6 Å². The fourth-order valence-electron chi connectivity index (χ4n) is 3.54. The van der Waals surface area contributed by atoms with Crippen LogP contribution < -0.4 is 5.32 Å². The molecule has 0 aliphatic carbocycles. The van der Waals surface area contributed by atoms with Crippen molar-refractivity contribution in [3.8, 4) is 0 Å². The fraction of sp³-hybridized carbons (Fsp3) is 0.474. The van der Waals surface area contributed by atoms with Crippen molar-refractivity contribution in [2.45, 2.75) is 38.6 Å². The average molecular weight is 340 g/mol. The monoisotopic (exact) mass is 340 g/mol. The predicted molar refractivity (Wildman–Crippen MR) is 94.1 cm³/mol. The van der Waals surface area contributed by atoms with Crippen LogP contribution in [0.15, 0.2) is 36.5 Å². The number of nitrogens with zero attached hydrogens (tertiary/aromatic N) is 3. The minimum atomic E-state index is -0.0663. The van der Waals surface area contributed by atoms with E-state index in [0.29, 0.717) is 18.9 Å². The smallest absolute Gasteiger partial charge is 0.271 e. The summed E-state index contributed by atoms with van der Waals surface area (Å²) >= 11 is 0. The van der Waals surface area contributed by atoms with E-state index in [2.05, 4.69) is 39.5 Å². The zero-order chi connectivity index (χ0) is 17.1. The second-order valence-corrected chi connectivity index (χ2v) is 6.80. The summed E-state index contributed by atoms with van der Waals surface area (Å²) in [7, 11) is 0. The molecule has 2 aromatic rings. The molecule has 4 rings (SSSR count). The lowest BCUT2D eigenvalue weighted by molar-refractivity contribution is 0.0815. The van der Waals surface area contributed by atoms with E-state index in [0.717, 1.165) is 44.8 Å². The number of piperidine rings is 1. The maximum atomic E-state index is 12.5. The van der Waals surface area contributed by atoms with Gasteiger partial charge in [-0.2, -0.15) is 0 Å². The largest absolute Gasteiger partial charge is 0.372 e. The van der Waals surface area contributed by atoms with Crippen LogP contribution in [0.1, 0.15) is 34.7 Å². The molecular formula is C19H24N4O2. The lowest BCUT2D eigenvalue weighted by Crippen LogP contribution is -2.44. The summed E-state index contributed by atoms with van der Waals surface area (Å²) in [6.45, 7) is 4.94. The van der Waals surface area contributed by atoms with E-state index < -0.39 is 0 Å². The van der Waals surface area contributed by atoms with Gasteiger partial charge in [0.1, 0.15) is 18.1 Å². The number of carbonyl (C=O) groups excluding carboxylic acids is 1. The van der Waals surface area contributed by atoms with Gasteiger partial charge in [-0.15, -0.1) is 0 Å². The van der Waals surface area contributed by atoms with Crippen LogP contribution in [-0.2, 0) is 24.4 Å². The van der Waals surface area contributed by atoms with Crippen molar-refractivity contribution < 1.29 is 9.53 Å². The highest BCUT2D eigenvalue weighted by Gasteiger charge is 2.23. The van der Waals surface area contributed by atoms with Gasteiger partial charge < -0.3 is 14.6 Å². The average Bonchev–Trinajstić information content (AvgIpc) is 3.09. The van der Waals surface area contributed by atoms with E-state index in [9.17, 15) is 4.79 Å². The Bertz CT molecular complexity index is 697. The van der Waals surface area contributed by atoms with Gasteiger partial charge in [0, 0.05) is 38.4 Å². The maximum absolute atomic E-state index is 12.5. The third-order valence-electron chi connectivity index (χ3n) is 4.97. The number of carbonyl (C=O) groups is 1. The van der Waals surface area contributed by atoms with Gasteiger partial charge in [0.25, 0.3) is 5.91 Å². The SMILES string of the molecule is O=C(NC1CCN(Cc2ccccc2)CC1)c1cn2c(n1)COCC2. The first-order valence-corrected chi connectivity index (χ1v) is 8.99. The molecule has 1 saturated heterocycles. The predicted octanol–water partition coefficient (Wildman–Crippen LogP) is 1.81. The third kappa shape index (κ3) is 3.91. The van der Waals surface area contributed by atoms with Gasteiger partial charge in [-0.3, -0.25) is 9.69 Å². The van der Waals surface area contributed by atoms with Crippen molar-refractivity contribution in [2.75, 3.05) is 19.7 Å². The summed E-state index contributed by atoms with van der Waals surface area (Å²) in [5.41, 5.74) is 1.85. The number of imidazole rings is 1. The molecule has 1 N–H and O–H groups in total. The number of hydrogen-bond acceptors (Lipinski definition) is 4. The molecule has 3 heterocycles. The van der Waals surface area contributed by atoms with Crippen LogP contribution in [0.5, 0.6) is 0 Å². The van der Waals surface area contributed by atoms with Crippen LogP contribution in [0.3, 0.4) is 0 Å². The van der Waals surface area contributed by atoms with E-state index in [1.165, 1.54) is 5.56 Å². The number of amides is 1. The van der Waals surface area contributed by atoms with E-state index in [1.807, 2.05) is 16.8 Å². The molecule has 0 saturated carbocycles. The molecule has 0 bridgehead atoms. The summed E-state index contributed by atoms with van der Waals surface area (Å²) in [6, 6.07) is 10.8. The molecule has 2 aliphatic heterocycles. The van der Waals surface area contributed by atoms with Crippen molar-refractivity contribution >= 4 is 5.91 Å². The van der Waals surface area contributed by atoms with Crippen molar-refractivity contribution in [3.63, 3.8) is 0 Å². The standard InChI is InChI=1S/C19H24N4O2/c24-19(17-13-23-10-11-25-14-18(23)21-17)20-16-6-8-22(9-7-16)12-15-4-2-1-3-5-15/h1-5,13,16H,6-12,14H2,(H,20,24). The summed E-state index contributed by atoms with van der Waals surface area (Å²) in [5.74, 6) is 0.775. The molecule has 1 aromatic carbocycles. The lowest BCUT2D eigenvalue weighted by atomic mass is 10.0. The lowest BCUT2D eigenvalue weighted by Gasteiger charge is -2.32. The van der Waals surface area contributed by atoms with E-state index in [4.69, 9.17) is 4.74 Å². The van der Waals surface area contributed by atoms with Crippen molar-refractivity contribution in [1.82, 2.24) is 19.8 Å². The zero-order valence-corrected chi connectivity index (χ0v) is 14.4. The molecule has 6 heteroatoms. The Balaban J connectivity index is 1.28. The molecule has 0 atom stereocenters. The molecule has 1 aromatic heterocycles. The summed E-state index contributed by atoms with van der Waals surface area (Å²) in [5, 5.41) is 3.15. The van der Waals surface area contributed by atoms with E-state index in [-0.39, 0.29) is 11.9 Å². The van der Waals surface area contributed by atoms with E-state index >= 15 is 0 Å². The van der Waals surface area contributed by atoms with Gasteiger partial charge in [0.2, 0.25) is 0 Å². The Kier molecular flexibility index (Phi) is 4.81. The first-order valence-electron chi connectivity index (χ1n) is 8.99. The molecule has 0 radical (unpaired) electrons. The van der Waals surface area contributed by atoms with E-state index in [1.54, 1.807) is 0 Å². The highest BCUT2D eigenvalue weighted by atomic mass is 16.5. The Morgan fingerprint density at radius 2 is 2.00 bits per heavy atom. The first kappa shape index (κ1) is 16.3. The zero-order valence-electron chi connectivity index (χ0n) is 14.4. The summed E-state index contributed by atoms with van der Waals surface area (Å²) in [4.78, 5) is 19.3. The van der Waals surface area contributed by atoms with Gasteiger partial charge in [0.15, 0.2) is 0 Å². The van der Waals surface area contributed by atoms with Crippen LogP contribution in [0, 0.1) is 0 Å².